The first-order valence-corrected chi connectivity index (χ1v) is 5.93. The molecular formula is C12H7BrF4N2. The van der Waals surface area contributed by atoms with E-state index in [-0.39, 0.29) is 5.69 Å². The lowest BCUT2D eigenvalue weighted by Gasteiger charge is -2.12. The highest BCUT2D eigenvalue weighted by Gasteiger charge is 2.21. The second kappa shape index (κ2) is 5.16. The Morgan fingerprint density at radius 2 is 1.63 bits per heavy atom. The normalized spacial score (nSPS) is 10.6. The first-order chi connectivity index (χ1) is 8.91. The molecule has 2 nitrogen and oxygen atoms in total. The minimum atomic E-state index is -1.70. The Morgan fingerprint density at radius 3 is 2.21 bits per heavy atom. The van der Waals surface area contributed by atoms with Crippen molar-refractivity contribution in [2.24, 2.45) is 0 Å². The van der Waals surface area contributed by atoms with Crippen LogP contribution >= 0.6 is 15.9 Å². The molecule has 0 saturated heterocycles. The summed E-state index contributed by atoms with van der Waals surface area (Å²) in [5, 5.41) is 2.31. The Hall–Kier alpha value is -1.63. The number of nitrogens with zero attached hydrogens (tertiary/aromatic N) is 1. The molecule has 0 atom stereocenters. The first kappa shape index (κ1) is 13.8. The van der Waals surface area contributed by atoms with Gasteiger partial charge in [0, 0.05) is 4.47 Å². The average molecular weight is 335 g/mol. The van der Waals surface area contributed by atoms with Gasteiger partial charge >= 0.3 is 0 Å². The third-order valence-electron chi connectivity index (χ3n) is 2.45. The van der Waals surface area contributed by atoms with Crippen molar-refractivity contribution in [2.75, 3.05) is 5.32 Å². The van der Waals surface area contributed by atoms with E-state index in [1.165, 1.54) is 6.07 Å². The molecule has 0 radical (unpaired) electrons. The van der Waals surface area contributed by atoms with E-state index in [1.54, 1.807) is 19.1 Å². The van der Waals surface area contributed by atoms with Crippen LogP contribution in [-0.2, 0) is 0 Å². The summed E-state index contributed by atoms with van der Waals surface area (Å²) in [4.78, 5) is 2.48. The average Bonchev–Trinajstić information content (AvgIpc) is 2.37. The fourth-order valence-corrected chi connectivity index (χ4v) is 1.84. The molecule has 0 aliphatic rings. The van der Waals surface area contributed by atoms with Crippen LogP contribution in [-0.4, -0.2) is 4.98 Å². The van der Waals surface area contributed by atoms with Crippen molar-refractivity contribution < 1.29 is 17.6 Å². The number of nitrogens with one attached hydrogen (secondary N) is 1. The number of hydrogen-bond donors (Lipinski definition) is 1. The molecule has 0 fully saturated rings. The highest BCUT2D eigenvalue weighted by Crippen LogP contribution is 2.31. The molecule has 1 aromatic heterocycles. The van der Waals surface area contributed by atoms with Crippen LogP contribution in [0.3, 0.4) is 0 Å². The monoisotopic (exact) mass is 334 g/mol. The zero-order chi connectivity index (χ0) is 14.2. The maximum Gasteiger partial charge on any atom is 0.253 e. The summed E-state index contributed by atoms with van der Waals surface area (Å²) in [5.74, 6) is -6.56. The molecule has 1 heterocycles. The third kappa shape index (κ3) is 2.56. The van der Waals surface area contributed by atoms with Crippen molar-refractivity contribution in [3.8, 4) is 0 Å². The summed E-state index contributed by atoms with van der Waals surface area (Å²) < 4.78 is 53.3. The van der Waals surface area contributed by atoms with Gasteiger partial charge in [0.25, 0.3) is 11.9 Å². The minimum Gasteiger partial charge on any atom is -0.350 e. The third-order valence-corrected chi connectivity index (χ3v) is 3.50. The molecule has 19 heavy (non-hydrogen) atoms. The SMILES string of the molecule is Cc1cccc(Nc2c(F)c(F)nc(F)c2F)c1Br. The standard InChI is InChI=1S/C12H7BrF4N2/c1-5-3-2-4-6(7(5)13)18-10-8(14)11(16)19-12(17)9(10)15/h2-4H,1H3,(H,18,19). The van der Waals surface area contributed by atoms with E-state index in [1.807, 2.05) is 0 Å². The zero-order valence-corrected chi connectivity index (χ0v) is 11.2. The van der Waals surface area contributed by atoms with Gasteiger partial charge in [-0.1, -0.05) is 12.1 Å². The molecular weight excluding hydrogens is 328 g/mol. The van der Waals surface area contributed by atoms with Gasteiger partial charge < -0.3 is 5.32 Å². The van der Waals surface area contributed by atoms with Gasteiger partial charge in [0.15, 0.2) is 0 Å². The van der Waals surface area contributed by atoms with Crippen molar-refractivity contribution in [3.05, 3.63) is 51.8 Å². The number of halogens is 5. The van der Waals surface area contributed by atoms with E-state index in [0.29, 0.717) is 4.47 Å². The lowest BCUT2D eigenvalue weighted by molar-refractivity contribution is 0.411. The molecule has 0 amide bonds. The highest BCUT2D eigenvalue weighted by molar-refractivity contribution is 9.10. The maximum absolute atomic E-state index is 13.4. The Labute approximate surface area is 114 Å². The molecule has 0 aliphatic carbocycles. The number of pyridine rings is 1. The maximum atomic E-state index is 13.4. The number of benzene rings is 1. The molecule has 2 aromatic rings. The van der Waals surface area contributed by atoms with E-state index in [0.717, 1.165) is 5.56 Å². The lowest BCUT2D eigenvalue weighted by Crippen LogP contribution is -2.06. The molecule has 0 saturated carbocycles. The van der Waals surface area contributed by atoms with Gasteiger partial charge in [-0.05, 0) is 34.5 Å². The van der Waals surface area contributed by atoms with Gasteiger partial charge in [-0.25, -0.2) is 0 Å². The summed E-state index contributed by atoms with van der Waals surface area (Å²) >= 11 is 3.21. The molecule has 0 aliphatic heterocycles. The fraction of sp³-hybridized carbons (Fsp3) is 0.0833. The summed E-state index contributed by atoms with van der Waals surface area (Å²) in [6, 6.07) is 4.90. The quantitative estimate of drug-likeness (QED) is 0.648. The summed E-state index contributed by atoms with van der Waals surface area (Å²) in [6.45, 7) is 1.76. The topological polar surface area (TPSA) is 24.9 Å². The molecule has 0 bridgehead atoms. The number of hydrogen-bond acceptors (Lipinski definition) is 2. The van der Waals surface area contributed by atoms with Gasteiger partial charge in [-0.2, -0.15) is 22.5 Å². The molecule has 0 unspecified atom stereocenters. The minimum absolute atomic E-state index is 0.280. The van der Waals surface area contributed by atoms with Crippen LogP contribution in [0.2, 0.25) is 0 Å². The van der Waals surface area contributed by atoms with Crippen LogP contribution in [0.15, 0.2) is 22.7 Å². The van der Waals surface area contributed by atoms with Crippen LogP contribution in [0.1, 0.15) is 5.56 Å². The number of anilines is 2. The predicted octanol–water partition coefficient (Wildman–Crippen LogP) is 4.45. The van der Waals surface area contributed by atoms with Gasteiger partial charge in [-0.3, -0.25) is 0 Å². The van der Waals surface area contributed by atoms with Gasteiger partial charge in [0.05, 0.1) is 5.69 Å². The van der Waals surface area contributed by atoms with E-state index in [9.17, 15) is 17.6 Å². The first-order valence-electron chi connectivity index (χ1n) is 5.14. The smallest absolute Gasteiger partial charge is 0.253 e. The Morgan fingerprint density at radius 1 is 1.05 bits per heavy atom. The van der Waals surface area contributed by atoms with E-state index < -0.39 is 29.2 Å². The van der Waals surface area contributed by atoms with E-state index in [2.05, 4.69) is 26.2 Å². The second-order valence-electron chi connectivity index (χ2n) is 3.76. The second-order valence-corrected chi connectivity index (χ2v) is 4.55. The zero-order valence-electron chi connectivity index (χ0n) is 9.57. The molecule has 1 N–H and O–H groups in total. The molecule has 2 rings (SSSR count). The Kier molecular flexibility index (Phi) is 3.75. The number of aromatic nitrogens is 1. The highest BCUT2D eigenvalue weighted by atomic mass is 79.9. The van der Waals surface area contributed by atoms with Crippen molar-refractivity contribution in [3.63, 3.8) is 0 Å². The van der Waals surface area contributed by atoms with Crippen molar-refractivity contribution in [1.29, 1.82) is 0 Å². The van der Waals surface area contributed by atoms with Crippen LogP contribution in [0.4, 0.5) is 28.9 Å². The summed E-state index contributed by atoms with van der Waals surface area (Å²) in [5.41, 5.74) is 0.153. The molecule has 1 aromatic carbocycles. The van der Waals surface area contributed by atoms with Gasteiger partial charge in [-0.15, -0.1) is 0 Å². The number of rotatable bonds is 2. The van der Waals surface area contributed by atoms with Crippen LogP contribution in [0.5, 0.6) is 0 Å². The Balaban J connectivity index is 2.52. The van der Waals surface area contributed by atoms with Gasteiger partial charge in [0.2, 0.25) is 11.6 Å². The van der Waals surface area contributed by atoms with Crippen molar-refractivity contribution in [1.82, 2.24) is 4.98 Å². The Bertz CT molecular complexity index is 620. The van der Waals surface area contributed by atoms with E-state index in [4.69, 9.17) is 0 Å². The van der Waals surface area contributed by atoms with Crippen LogP contribution in [0.25, 0.3) is 0 Å². The predicted molar refractivity (Wildman–Crippen MR) is 66.2 cm³/mol. The fourth-order valence-electron chi connectivity index (χ4n) is 1.48. The molecule has 0 spiro atoms. The summed E-state index contributed by atoms with van der Waals surface area (Å²) in [6.07, 6.45) is 0. The van der Waals surface area contributed by atoms with Crippen molar-refractivity contribution >= 4 is 27.3 Å². The van der Waals surface area contributed by atoms with Crippen molar-refractivity contribution in [2.45, 2.75) is 6.92 Å². The van der Waals surface area contributed by atoms with Crippen LogP contribution in [0, 0.1) is 30.5 Å². The number of aryl methyl sites for hydroxylation is 1. The lowest BCUT2D eigenvalue weighted by atomic mass is 10.2. The van der Waals surface area contributed by atoms with E-state index >= 15 is 0 Å². The molecule has 7 heteroatoms. The van der Waals surface area contributed by atoms with Gasteiger partial charge in [0.1, 0.15) is 5.69 Å². The molecule has 100 valence electrons. The summed E-state index contributed by atoms with van der Waals surface area (Å²) in [7, 11) is 0. The largest absolute Gasteiger partial charge is 0.350 e. The van der Waals surface area contributed by atoms with Crippen LogP contribution < -0.4 is 5.32 Å².